The van der Waals surface area contributed by atoms with E-state index in [0.717, 1.165) is 0 Å². The second-order valence-corrected chi connectivity index (χ2v) is 2.11. The number of nitrogens with zero attached hydrogens (tertiary/aromatic N) is 2. The molecule has 0 saturated carbocycles. The van der Waals surface area contributed by atoms with Gasteiger partial charge in [-0.1, -0.05) is 0 Å². The fourth-order valence-corrected chi connectivity index (χ4v) is 0.585. The smallest absolute Gasteiger partial charge is 0.397 e. The molecular formula is C5H3F3N2O3. The first-order valence-electron chi connectivity index (χ1n) is 3.01. The van der Waals surface area contributed by atoms with E-state index in [1.165, 1.54) is 0 Å². The van der Waals surface area contributed by atoms with Crippen molar-refractivity contribution in [1.82, 2.24) is 10.1 Å². The van der Waals surface area contributed by atoms with Crippen LogP contribution < -0.4 is 0 Å². The molecule has 1 N–H and O–H groups in total. The summed E-state index contributed by atoms with van der Waals surface area (Å²) in [6, 6.07) is 0. The molecule has 5 nitrogen and oxygen atoms in total. The van der Waals surface area contributed by atoms with Crippen LogP contribution >= 0.6 is 0 Å². The summed E-state index contributed by atoms with van der Waals surface area (Å²) in [5, 5.41) is 11.0. The molecule has 72 valence electrons. The molecule has 0 aliphatic heterocycles. The van der Waals surface area contributed by atoms with Crippen molar-refractivity contribution in [3.8, 4) is 0 Å². The van der Waals surface area contributed by atoms with Crippen LogP contribution in [0.3, 0.4) is 0 Å². The summed E-state index contributed by atoms with van der Waals surface area (Å²) >= 11 is 0. The van der Waals surface area contributed by atoms with E-state index in [1.807, 2.05) is 0 Å². The quantitative estimate of drug-likeness (QED) is 0.759. The Kier molecular flexibility index (Phi) is 2.22. The number of aromatic nitrogens is 2. The van der Waals surface area contributed by atoms with E-state index in [1.54, 1.807) is 0 Å². The number of carboxylic acid groups (broad SMARTS) is 1. The lowest BCUT2D eigenvalue weighted by Crippen LogP contribution is -2.12. The summed E-state index contributed by atoms with van der Waals surface area (Å²) in [7, 11) is 0. The van der Waals surface area contributed by atoms with E-state index in [4.69, 9.17) is 5.11 Å². The molecule has 0 spiro atoms. The van der Waals surface area contributed by atoms with E-state index in [9.17, 15) is 18.0 Å². The van der Waals surface area contributed by atoms with Gasteiger partial charge in [-0.15, -0.1) is 0 Å². The maximum Gasteiger partial charge on any atom is 0.397 e. The van der Waals surface area contributed by atoms with Gasteiger partial charge in [-0.3, -0.25) is 0 Å². The standard InChI is InChI=1S/C5H3F3N2O3/c6-5(7,8)1-2-9-3(4(11)12)10-13-2/h1H2,(H,11,12). The van der Waals surface area contributed by atoms with Crippen LogP contribution in [0.25, 0.3) is 0 Å². The van der Waals surface area contributed by atoms with Crippen LogP contribution in [-0.4, -0.2) is 27.4 Å². The van der Waals surface area contributed by atoms with Crippen LogP contribution in [0.2, 0.25) is 0 Å². The lowest BCUT2D eigenvalue weighted by molar-refractivity contribution is -0.131. The Hall–Kier alpha value is -1.60. The molecule has 8 heteroatoms. The molecule has 1 aromatic heterocycles. The largest absolute Gasteiger partial charge is 0.475 e. The van der Waals surface area contributed by atoms with Crippen molar-refractivity contribution in [3.63, 3.8) is 0 Å². The van der Waals surface area contributed by atoms with Crippen molar-refractivity contribution < 1.29 is 27.6 Å². The first-order chi connectivity index (χ1) is 5.88. The normalized spacial score (nSPS) is 11.6. The molecule has 0 atom stereocenters. The summed E-state index contributed by atoms with van der Waals surface area (Å²) in [5.41, 5.74) is 0. The number of carbonyl (C=O) groups is 1. The van der Waals surface area contributed by atoms with Crippen molar-refractivity contribution in [2.45, 2.75) is 12.6 Å². The highest BCUT2D eigenvalue weighted by Crippen LogP contribution is 2.19. The molecule has 0 bridgehead atoms. The highest BCUT2D eigenvalue weighted by Gasteiger charge is 2.31. The maximum atomic E-state index is 11.7. The second-order valence-electron chi connectivity index (χ2n) is 2.11. The number of carboxylic acids is 1. The van der Waals surface area contributed by atoms with Crippen LogP contribution in [0, 0.1) is 0 Å². The monoisotopic (exact) mass is 196 g/mol. The zero-order valence-electron chi connectivity index (χ0n) is 6.00. The molecule has 0 aromatic carbocycles. The number of hydrogen-bond acceptors (Lipinski definition) is 4. The molecule has 0 radical (unpaired) electrons. The Bertz CT molecular complexity index is 319. The first kappa shape index (κ1) is 9.49. The minimum absolute atomic E-state index is 0.759. The molecule has 0 amide bonds. The molecule has 0 fully saturated rings. The number of rotatable bonds is 2. The average molecular weight is 196 g/mol. The molecule has 0 aliphatic carbocycles. The Morgan fingerprint density at radius 3 is 2.54 bits per heavy atom. The van der Waals surface area contributed by atoms with E-state index >= 15 is 0 Å². The SMILES string of the molecule is O=C(O)c1noc(CC(F)(F)F)n1. The number of alkyl halides is 3. The van der Waals surface area contributed by atoms with E-state index in [0.29, 0.717) is 0 Å². The molecule has 1 heterocycles. The third-order valence-corrected chi connectivity index (χ3v) is 1.01. The van der Waals surface area contributed by atoms with E-state index in [-0.39, 0.29) is 0 Å². The molecule has 0 aliphatic rings. The Morgan fingerprint density at radius 2 is 2.15 bits per heavy atom. The summed E-state index contributed by atoms with van der Waals surface area (Å²) in [6.07, 6.45) is -5.91. The van der Waals surface area contributed by atoms with Gasteiger partial charge in [-0.25, -0.2) is 4.79 Å². The van der Waals surface area contributed by atoms with Gasteiger partial charge in [0.25, 0.3) is 5.82 Å². The molecule has 1 rings (SSSR count). The van der Waals surface area contributed by atoms with Gasteiger partial charge in [0.15, 0.2) is 0 Å². The average Bonchev–Trinajstić information content (AvgIpc) is 2.31. The Labute approximate surface area is 69.2 Å². The van der Waals surface area contributed by atoms with Crippen molar-refractivity contribution in [1.29, 1.82) is 0 Å². The molecule has 1 aromatic rings. The van der Waals surface area contributed by atoms with E-state index < -0.39 is 30.3 Å². The molecular weight excluding hydrogens is 193 g/mol. The minimum atomic E-state index is -4.48. The Balaban J connectivity index is 2.75. The fourth-order valence-electron chi connectivity index (χ4n) is 0.585. The predicted molar refractivity (Wildman–Crippen MR) is 31.0 cm³/mol. The van der Waals surface area contributed by atoms with Gasteiger partial charge in [0.05, 0.1) is 0 Å². The predicted octanol–water partition coefficient (Wildman–Crippen LogP) is 0.873. The van der Waals surface area contributed by atoms with Crippen LogP contribution in [0.5, 0.6) is 0 Å². The highest BCUT2D eigenvalue weighted by molar-refractivity contribution is 5.82. The van der Waals surface area contributed by atoms with Crippen molar-refractivity contribution in [2.75, 3.05) is 0 Å². The van der Waals surface area contributed by atoms with Gasteiger partial charge in [-0.2, -0.15) is 18.2 Å². The zero-order chi connectivity index (χ0) is 10.1. The number of aromatic carboxylic acids is 1. The van der Waals surface area contributed by atoms with Gasteiger partial charge in [0, 0.05) is 0 Å². The number of halogens is 3. The lowest BCUT2D eigenvalue weighted by Gasteiger charge is -1.99. The lowest BCUT2D eigenvalue weighted by atomic mass is 10.4. The highest BCUT2D eigenvalue weighted by atomic mass is 19.4. The number of hydrogen-bond donors (Lipinski definition) is 1. The topological polar surface area (TPSA) is 76.2 Å². The summed E-state index contributed by atoms with van der Waals surface area (Å²) in [6.45, 7) is 0. The maximum absolute atomic E-state index is 11.7. The van der Waals surface area contributed by atoms with Crippen molar-refractivity contribution in [3.05, 3.63) is 11.7 Å². The fraction of sp³-hybridized carbons (Fsp3) is 0.400. The van der Waals surface area contributed by atoms with Gasteiger partial charge >= 0.3 is 12.1 Å². The summed E-state index contributed by atoms with van der Waals surface area (Å²) < 4.78 is 39.1. The van der Waals surface area contributed by atoms with E-state index in [2.05, 4.69) is 14.7 Å². The second kappa shape index (κ2) is 3.04. The van der Waals surface area contributed by atoms with Crippen LogP contribution in [0.15, 0.2) is 4.52 Å². The molecule has 0 unspecified atom stereocenters. The van der Waals surface area contributed by atoms with Crippen LogP contribution in [0.1, 0.15) is 16.5 Å². The van der Waals surface area contributed by atoms with Gasteiger partial charge < -0.3 is 9.63 Å². The first-order valence-corrected chi connectivity index (χ1v) is 3.01. The van der Waals surface area contributed by atoms with Crippen LogP contribution in [0.4, 0.5) is 13.2 Å². The molecule has 13 heavy (non-hydrogen) atoms. The zero-order valence-corrected chi connectivity index (χ0v) is 6.00. The van der Waals surface area contributed by atoms with Crippen molar-refractivity contribution >= 4 is 5.97 Å². The van der Waals surface area contributed by atoms with Gasteiger partial charge in [-0.05, 0) is 5.16 Å². The van der Waals surface area contributed by atoms with Crippen molar-refractivity contribution in [2.24, 2.45) is 0 Å². The third-order valence-electron chi connectivity index (χ3n) is 1.01. The molecule has 0 saturated heterocycles. The van der Waals surface area contributed by atoms with Crippen LogP contribution in [-0.2, 0) is 6.42 Å². The van der Waals surface area contributed by atoms with Gasteiger partial charge in [0.2, 0.25) is 5.89 Å². The minimum Gasteiger partial charge on any atom is -0.475 e. The van der Waals surface area contributed by atoms with Gasteiger partial charge in [0.1, 0.15) is 6.42 Å². The third kappa shape index (κ3) is 2.73. The summed E-state index contributed by atoms with van der Waals surface area (Å²) in [4.78, 5) is 13.1. The Morgan fingerprint density at radius 1 is 1.54 bits per heavy atom. The summed E-state index contributed by atoms with van der Waals surface area (Å²) in [5.74, 6) is -3.07.